The van der Waals surface area contributed by atoms with E-state index in [1.165, 1.54) is 11.1 Å². The van der Waals surface area contributed by atoms with Crippen LogP contribution >= 0.6 is 0 Å². The van der Waals surface area contributed by atoms with E-state index in [-0.39, 0.29) is 0 Å². The van der Waals surface area contributed by atoms with Gasteiger partial charge in [0.25, 0.3) is 0 Å². The molecule has 0 bridgehead atoms. The molecule has 1 unspecified atom stereocenters. The van der Waals surface area contributed by atoms with Crippen molar-refractivity contribution in [1.29, 1.82) is 0 Å². The Balaban J connectivity index is 1.60. The van der Waals surface area contributed by atoms with Crippen molar-refractivity contribution in [2.24, 2.45) is 0 Å². The van der Waals surface area contributed by atoms with Crippen molar-refractivity contribution in [2.45, 2.75) is 39.0 Å². The minimum absolute atomic E-state index is 0.398. The van der Waals surface area contributed by atoms with Gasteiger partial charge in [0.15, 0.2) is 0 Å². The number of aromatic nitrogens is 4. The summed E-state index contributed by atoms with van der Waals surface area (Å²) in [6.45, 7) is 6.67. The number of benzene rings is 2. The number of rotatable bonds is 4. The van der Waals surface area contributed by atoms with Crippen LogP contribution in [0.25, 0.3) is 21.9 Å². The molecular weight excluding hydrogens is 296 g/mol. The molecule has 0 saturated heterocycles. The molecule has 0 fully saturated rings. The number of aromatic amines is 2. The molecule has 0 radical (unpaired) electrons. The largest absolute Gasteiger partial charge is 0.342 e. The van der Waals surface area contributed by atoms with Crippen LogP contribution in [0.5, 0.6) is 0 Å². The third kappa shape index (κ3) is 2.68. The molecule has 0 saturated carbocycles. The summed E-state index contributed by atoms with van der Waals surface area (Å²) in [5.74, 6) is 1.97. The first-order valence-electron chi connectivity index (χ1n) is 8.51. The lowest BCUT2D eigenvalue weighted by molar-refractivity contribution is 0.730. The van der Waals surface area contributed by atoms with E-state index < -0.39 is 0 Å². The van der Waals surface area contributed by atoms with Crippen molar-refractivity contribution in [3.05, 3.63) is 59.5 Å². The van der Waals surface area contributed by atoms with E-state index in [4.69, 9.17) is 4.98 Å². The average Bonchev–Trinajstić information content (AvgIpc) is 3.18. The SMILES string of the molecule is CC(C)c1ccc2[nH]c(CC(C)c3ccc4[nH]ncc4c3)nc2c1. The monoisotopic (exact) mass is 318 g/mol. The molecule has 4 heteroatoms. The Bertz CT molecular complexity index is 993. The van der Waals surface area contributed by atoms with Crippen LogP contribution in [-0.2, 0) is 6.42 Å². The van der Waals surface area contributed by atoms with Crippen molar-refractivity contribution >= 4 is 21.9 Å². The van der Waals surface area contributed by atoms with Crippen LogP contribution in [0.4, 0.5) is 0 Å². The number of imidazole rings is 1. The zero-order valence-electron chi connectivity index (χ0n) is 14.3. The smallest absolute Gasteiger partial charge is 0.107 e. The highest BCUT2D eigenvalue weighted by Gasteiger charge is 2.12. The summed E-state index contributed by atoms with van der Waals surface area (Å²) in [7, 11) is 0. The molecule has 0 amide bonds. The summed E-state index contributed by atoms with van der Waals surface area (Å²) >= 11 is 0. The van der Waals surface area contributed by atoms with Gasteiger partial charge in [0.05, 0.1) is 22.7 Å². The lowest BCUT2D eigenvalue weighted by atomic mass is 9.96. The molecule has 2 aromatic carbocycles. The third-order valence-corrected chi connectivity index (χ3v) is 4.76. The molecule has 2 aromatic heterocycles. The Morgan fingerprint density at radius 1 is 0.958 bits per heavy atom. The highest BCUT2D eigenvalue weighted by molar-refractivity contribution is 5.78. The molecule has 122 valence electrons. The lowest BCUT2D eigenvalue weighted by Gasteiger charge is -2.10. The number of hydrogen-bond donors (Lipinski definition) is 2. The molecular formula is C20H22N4. The molecule has 4 nitrogen and oxygen atoms in total. The molecule has 0 aliphatic heterocycles. The quantitative estimate of drug-likeness (QED) is 0.562. The maximum absolute atomic E-state index is 4.80. The van der Waals surface area contributed by atoms with Gasteiger partial charge in [0.2, 0.25) is 0 Å². The van der Waals surface area contributed by atoms with Gasteiger partial charge in [-0.2, -0.15) is 5.10 Å². The zero-order valence-corrected chi connectivity index (χ0v) is 14.3. The summed E-state index contributed by atoms with van der Waals surface area (Å²) in [5.41, 5.74) is 5.91. The molecule has 2 heterocycles. The first kappa shape index (κ1) is 14.9. The van der Waals surface area contributed by atoms with Crippen LogP contribution in [0.1, 0.15) is 49.6 Å². The molecule has 4 aromatic rings. The highest BCUT2D eigenvalue weighted by atomic mass is 15.1. The maximum atomic E-state index is 4.80. The Hall–Kier alpha value is -2.62. The van der Waals surface area contributed by atoms with Crippen LogP contribution in [0, 0.1) is 0 Å². The van der Waals surface area contributed by atoms with Gasteiger partial charge in [0, 0.05) is 11.8 Å². The molecule has 2 N–H and O–H groups in total. The fourth-order valence-corrected chi connectivity index (χ4v) is 3.21. The molecule has 0 aliphatic rings. The first-order chi connectivity index (χ1) is 11.6. The van der Waals surface area contributed by atoms with Crippen LogP contribution in [0.15, 0.2) is 42.6 Å². The van der Waals surface area contributed by atoms with E-state index in [9.17, 15) is 0 Å². The predicted molar refractivity (Wildman–Crippen MR) is 98.4 cm³/mol. The number of hydrogen-bond acceptors (Lipinski definition) is 2. The average molecular weight is 318 g/mol. The summed E-state index contributed by atoms with van der Waals surface area (Å²) < 4.78 is 0. The van der Waals surface area contributed by atoms with Crippen molar-refractivity contribution in [2.75, 3.05) is 0 Å². The Morgan fingerprint density at radius 2 is 1.75 bits per heavy atom. The zero-order chi connectivity index (χ0) is 16.7. The Kier molecular flexibility index (Phi) is 3.60. The molecule has 24 heavy (non-hydrogen) atoms. The Morgan fingerprint density at radius 3 is 2.58 bits per heavy atom. The van der Waals surface area contributed by atoms with E-state index in [0.29, 0.717) is 11.8 Å². The van der Waals surface area contributed by atoms with Gasteiger partial charge in [-0.15, -0.1) is 0 Å². The summed E-state index contributed by atoms with van der Waals surface area (Å²) in [4.78, 5) is 8.26. The number of H-pyrrole nitrogens is 2. The van der Waals surface area contributed by atoms with Crippen LogP contribution < -0.4 is 0 Å². The summed E-state index contributed by atoms with van der Waals surface area (Å²) in [6, 6.07) is 13.0. The summed E-state index contributed by atoms with van der Waals surface area (Å²) in [6.07, 6.45) is 2.77. The van der Waals surface area contributed by atoms with E-state index >= 15 is 0 Å². The van der Waals surface area contributed by atoms with Gasteiger partial charge in [-0.05, 0) is 47.2 Å². The summed E-state index contributed by atoms with van der Waals surface area (Å²) in [5, 5.41) is 8.25. The highest BCUT2D eigenvalue weighted by Crippen LogP contribution is 2.25. The topological polar surface area (TPSA) is 57.4 Å². The second-order valence-corrected chi connectivity index (χ2v) is 6.94. The molecule has 4 rings (SSSR count). The minimum atomic E-state index is 0.398. The van der Waals surface area contributed by atoms with E-state index in [1.807, 2.05) is 6.20 Å². The van der Waals surface area contributed by atoms with Gasteiger partial charge in [-0.25, -0.2) is 4.98 Å². The second kappa shape index (κ2) is 5.78. The number of nitrogens with one attached hydrogen (secondary N) is 2. The minimum Gasteiger partial charge on any atom is -0.342 e. The predicted octanol–water partition coefficient (Wildman–Crippen LogP) is 4.91. The lowest BCUT2D eigenvalue weighted by Crippen LogP contribution is -2.00. The first-order valence-corrected chi connectivity index (χ1v) is 8.51. The van der Waals surface area contributed by atoms with Crippen molar-refractivity contribution in [1.82, 2.24) is 20.2 Å². The number of nitrogens with zero attached hydrogens (tertiary/aromatic N) is 2. The van der Waals surface area contributed by atoms with Gasteiger partial charge in [-0.3, -0.25) is 5.10 Å². The second-order valence-electron chi connectivity index (χ2n) is 6.94. The fourth-order valence-electron chi connectivity index (χ4n) is 3.21. The van der Waals surface area contributed by atoms with E-state index in [2.05, 4.69) is 72.4 Å². The van der Waals surface area contributed by atoms with Gasteiger partial charge in [0.1, 0.15) is 5.82 Å². The molecule has 0 spiro atoms. The van der Waals surface area contributed by atoms with Gasteiger partial charge < -0.3 is 4.98 Å². The molecule has 0 aliphatic carbocycles. The normalized spacial score (nSPS) is 13.2. The standard InChI is InChI=1S/C20H22N4/c1-12(2)14-4-7-18-19(10-14)23-20(22-18)8-13(3)15-5-6-17-16(9-15)11-21-24-17/h4-7,9-13H,8H2,1-3H3,(H,21,24)(H,22,23). The van der Waals surface area contributed by atoms with Crippen molar-refractivity contribution in [3.8, 4) is 0 Å². The van der Waals surface area contributed by atoms with Gasteiger partial charge in [-0.1, -0.05) is 32.9 Å². The van der Waals surface area contributed by atoms with Crippen LogP contribution in [0.2, 0.25) is 0 Å². The number of fused-ring (bicyclic) bond motifs is 2. The Labute approximate surface area is 141 Å². The van der Waals surface area contributed by atoms with Crippen molar-refractivity contribution < 1.29 is 0 Å². The van der Waals surface area contributed by atoms with Crippen LogP contribution in [-0.4, -0.2) is 20.2 Å². The molecule has 1 atom stereocenters. The van der Waals surface area contributed by atoms with Crippen LogP contribution in [0.3, 0.4) is 0 Å². The van der Waals surface area contributed by atoms with E-state index in [0.717, 1.165) is 34.2 Å². The van der Waals surface area contributed by atoms with E-state index in [1.54, 1.807) is 0 Å². The maximum Gasteiger partial charge on any atom is 0.107 e. The van der Waals surface area contributed by atoms with Crippen molar-refractivity contribution in [3.63, 3.8) is 0 Å². The fraction of sp³-hybridized carbons (Fsp3) is 0.300. The van der Waals surface area contributed by atoms with Gasteiger partial charge >= 0.3 is 0 Å². The third-order valence-electron chi connectivity index (χ3n) is 4.76.